The minimum absolute atomic E-state index is 0.00409. The molecule has 0 aliphatic carbocycles. The lowest BCUT2D eigenvalue weighted by molar-refractivity contribution is -0.689. The number of aryl methyl sites for hydroxylation is 1. The molecule has 7 heteroatoms. The lowest BCUT2D eigenvalue weighted by Crippen LogP contribution is -2.35. The quantitative estimate of drug-likeness (QED) is 0.619. The van der Waals surface area contributed by atoms with Crippen molar-refractivity contribution in [3.63, 3.8) is 0 Å². The highest BCUT2D eigenvalue weighted by Gasteiger charge is 2.25. The fourth-order valence-corrected chi connectivity index (χ4v) is 3.21. The Hall–Kier alpha value is -1.57. The second kappa shape index (κ2) is 5.60. The molecule has 1 atom stereocenters. The third-order valence-electron chi connectivity index (χ3n) is 3.00. The smallest absolute Gasteiger partial charge is 0.368 e. The average molecular weight is 281 g/mol. The van der Waals surface area contributed by atoms with Crippen LogP contribution in [0.2, 0.25) is 0 Å². The van der Waals surface area contributed by atoms with Crippen LogP contribution >= 0.6 is 10.8 Å². The molecule has 0 aromatic carbocycles. The van der Waals surface area contributed by atoms with Crippen LogP contribution in [-0.4, -0.2) is 26.2 Å². The maximum absolute atomic E-state index is 11.9. The van der Waals surface area contributed by atoms with Gasteiger partial charge in [-0.3, -0.25) is 0 Å². The van der Waals surface area contributed by atoms with Crippen LogP contribution in [0.4, 0.5) is 5.82 Å². The van der Waals surface area contributed by atoms with Gasteiger partial charge in [-0.2, -0.15) is 0 Å². The molecule has 1 unspecified atom stereocenters. The van der Waals surface area contributed by atoms with E-state index in [1.807, 2.05) is 11.5 Å². The summed E-state index contributed by atoms with van der Waals surface area (Å²) in [6.45, 7) is 4.15. The van der Waals surface area contributed by atoms with Gasteiger partial charge in [-0.1, -0.05) is 0 Å². The largest absolute Gasteiger partial charge is 0.586 e. The van der Waals surface area contributed by atoms with Gasteiger partial charge in [0, 0.05) is 23.9 Å². The van der Waals surface area contributed by atoms with Crippen LogP contribution in [0.1, 0.15) is 22.0 Å². The molecule has 0 amide bonds. The highest BCUT2D eigenvalue weighted by molar-refractivity contribution is 7.23. The Morgan fingerprint density at radius 2 is 2.21 bits per heavy atom. The number of hydrogen-bond donors (Lipinski definition) is 2. The van der Waals surface area contributed by atoms with Crippen molar-refractivity contribution in [2.45, 2.75) is 26.8 Å². The van der Waals surface area contributed by atoms with E-state index in [0.29, 0.717) is 24.6 Å². The number of thiazole rings is 1. The van der Waals surface area contributed by atoms with Gasteiger partial charge < -0.3 is 15.4 Å². The molecular weight excluding hydrogens is 264 g/mol. The Labute approximate surface area is 114 Å². The highest BCUT2D eigenvalue weighted by Crippen LogP contribution is 2.21. The summed E-state index contributed by atoms with van der Waals surface area (Å²) in [5, 5.41) is 8.97. The number of aliphatic hydroxyl groups is 1. The highest BCUT2D eigenvalue weighted by atomic mass is 32.2. The molecule has 0 spiro atoms. The van der Waals surface area contributed by atoms with Crippen LogP contribution in [0, 0.1) is 13.8 Å². The van der Waals surface area contributed by atoms with Crippen molar-refractivity contribution in [1.29, 1.82) is 0 Å². The van der Waals surface area contributed by atoms with E-state index in [-0.39, 0.29) is 6.61 Å². The monoisotopic (exact) mass is 281 g/mol. The van der Waals surface area contributed by atoms with Crippen molar-refractivity contribution < 1.29 is 14.2 Å². The average Bonchev–Trinajstić information content (AvgIpc) is 2.61. The number of rotatable bonds is 4. The Kier molecular flexibility index (Phi) is 4.08. The number of aromatic nitrogens is 3. The van der Waals surface area contributed by atoms with E-state index in [4.69, 9.17) is 10.8 Å². The van der Waals surface area contributed by atoms with Gasteiger partial charge in [0.2, 0.25) is 10.6 Å². The predicted molar refractivity (Wildman–Crippen MR) is 71.1 cm³/mol. The summed E-state index contributed by atoms with van der Waals surface area (Å²) >= 11 is 0. The number of hydrogen-bond acceptors (Lipinski definition) is 5. The topological polar surface area (TPSA) is 99.0 Å². The second-order valence-corrected chi connectivity index (χ2v) is 5.64. The van der Waals surface area contributed by atoms with Gasteiger partial charge in [0.1, 0.15) is 11.6 Å². The normalized spacial score (nSPS) is 11.9. The van der Waals surface area contributed by atoms with Crippen molar-refractivity contribution in [3.05, 3.63) is 33.7 Å². The van der Waals surface area contributed by atoms with E-state index in [1.165, 1.54) is 0 Å². The summed E-state index contributed by atoms with van der Waals surface area (Å²) in [4.78, 5) is 8.99. The van der Waals surface area contributed by atoms with Crippen LogP contribution in [0.25, 0.3) is 0 Å². The molecule has 2 aromatic heterocycles. The van der Waals surface area contributed by atoms with Gasteiger partial charge in [0.25, 0.3) is 0 Å². The summed E-state index contributed by atoms with van der Waals surface area (Å²) < 4.78 is 13.8. The molecule has 6 nitrogen and oxygen atoms in total. The lowest BCUT2D eigenvalue weighted by Gasteiger charge is -2.00. The number of nitrogen functional groups attached to an aromatic ring is 1. The lowest BCUT2D eigenvalue weighted by atomic mass is 10.2. The van der Waals surface area contributed by atoms with Gasteiger partial charge >= 0.3 is 5.51 Å². The van der Waals surface area contributed by atoms with Crippen LogP contribution in [0.3, 0.4) is 0 Å². The number of nitrogens with zero attached hydrogens (tertiary/aromatic N) is 3. The van der Waals surface area contributed by atoms with Crippen LogP contribution in [0.5, 0.6) is 0 Å². The predicted octanol–water partition coefficient (Wildman–Crippen LogP) is 0.274. The molecule has 0 bridgehead atoms. The molecule has 0 aliphatic heterocycles. The first-order valence-electron chi connectivity index (χ1n) is 5.93. The Bertz CT molecular complexity index is 598. The molecule has 102 valence electrons. The van der Waals surface area contributed by atoms with Crippen LogP contribution in [0.15, 0.2) is 11.7 Å². The van der Waals surface area contributed by atoms with Crippen molar-refractivity contribution >= 4 is 16.6 Å². The molecule has 0 saturated heterocycles. The molecule has 2 rings (SSSR count). The zero-order valence-corrected chi connectivity index (χ0v) is 11.8. The summed E-state index contributed by atoms with van der Waals surface area (Å²) in [5.41, 5.74) is 9.18. The minimum Gasteiger partial charge on any atom is -0.586 e. The first-order chi connectivity index (χ1) is 9.02. The van der Waals surface area contributed by atoms with Gasteiger partial charge in [0.05, 0.1) is 18.6 Å². The van der Waals surface area contributed by atoms with Gasteiger partial charge in [-0.05, 0) is 6.92 Å². The summed E-state index contributed by atoms with van der Waals surface area (Å²) in [6.07, 6.45) is 2.11. The number of aliphatic hydroxyl groups excluding tert-OH is 1. The molecule has 2 aromatic rings. The SMILES string of the molecule is Cc1ncc(C[n+]2c[s+]([O-])c(CCO)c2C)c(N)n1. The first-order valence-corrected chi connectivity index (χ1v) is 7.15. The van der Waals surface area contributed by atoms with Crippen molar-refractivity contribution in [3.8, 4) is 0 Å². The molecule has 0 fully saturated rings. The van der Waals surface area contributed by atoms with Gasteiger partial charge in [-0.15, -0.1) is 4.57 Å². The number of anilines is 1. The number of nitrogens with two attached hydrogens (primary N) is 1. The third-order valence-corrected chi connectivity index (χ3v) is 4.43. The van der Waals surface area contributed by atoms with Crippen LogP contribution < -0.4 is 10.3 Å². The molecule has 19 heavy (non-hydrogen) atoms. The fourth-order valence-electron chi connectivity index (χ4n) is 1.92. The summed E-state index contributed by atoms with van der Waals surface area (Å²) in [7, 11) is -1.17. The van der Waals surface area contributed by atoms with Gasteiger partial charge in [0.15, 0.2) is 6.54 Å². The Balaban J connectivity index is 2.31. The van der Waals surface area contributed by atoms with Gasteiger partial charge in [-0.25, -0.2) is 9.97 Å². The van der Waals surface area contributed by atoms with E-state index in [9.17, 15) is 4.55 Å². The molecule has 0 saturated carbocycles. The Morgan fingerprint density at radius 3 is 2.84 bits per heavy atom. The van der Waals surface area contributed by atoms with E-state index < -0.39 is 10.8 Å². The van der Waals surface area contributed by atoms with Crippen molar-refractivity contribution in [2.75, 3.05) is 12.3 Å². The van der Waals surface area contributed by atoms with E-state index >= 15 is 0 Å². The van der Waals surface area contributed by atoms with E-state index in [2.05, 4.69) is 9.97 Å². The molecule has 0 radical (unpaired) electrons. The first kappa shape index (κ1) is 13.9. The maximum atomic E-state index is 11.9. The zero-order chi connectivity index (χ0) is 14.0. The third kappa shape index (κ3) is 2.89. The fraction of sp³-hybridized carbons (Fsp3) is 0.417. The van der Waals surface area contributed by atoms with E-state index in [1.54, 1.807) is 18.6 Å². The van der Waals surface area contributed by atoms with E-state index in [0.717, 1.165) is 16.1 Å². The van der Waals surface area contributed by atoms with Crippen molar-refractivity contribution in [2.24, 2.45) is 0 Å². The Morgan fingerprint density at radius 1 is 1.47 bits per heavy atom. The molecule has 0 aliphatic rings. The summed E-state index contributed by atoms with van der Waals surface area (Å²) in [5.74, 6) is 1.07. The maximum Gasteiger partial charge on any atom is 0.368 e. The molecule has 2 heterocycles. The van der Waals surface area contributed by atoms with Crippen molar-refractivity contribution in [1.82, 2.24) is 9.97 Å². The molecule has 3 N–H and O–H groups in total. The van der Waals surface area contributed by atoms with Crippen LogP contribution in [-0.2, 0) is 13.0 Å². The second-order valence-electron chi connectivity index (χ2n) is 4.34. The molecular formula is C12H17N4O2S+. The zero-order valence-electron chi connectivity index (χ0n) is 11.0. The minimum atomic E-state index is -1.17. The summed E-state index contributed by atoms with van der Waals surface area (Å²) in [6, 6.07) is 0. The standard InChI is InChI=1S/C12H17N4O2S/c1-8-11(3-4-17)19(18)7-16(8)6-10-5-14-9(2)15-12(10)13/h5,7,17H,3-4,6H2,1-2H3,(H2,13,14,15)/q+1.